The molecule has 0 radical (unpaired) electrons. The van der Waals surface area contributed by atoms with Crippen LogP contribution in [0.3, 0.4) is 0 Å². The van der Waals surface area contributed by atoms with E-state index in [-0.39, 0.29) is 5.91 Å². The molecule has 0 aromatic heterocycles. The summed E-state index contributed by atoms with van der Waals surface area (Å²) in [5.74, 6) is 0.869. The van der Waals surface area contributed by atoms with Gasteiger partial charge in [-0.1, -0.05) is 15.9 Å². The largest absolute Gasteiger partial charge is 0.377 e. The van der Waals surface area contributed by atoms with E-state index in [9.17, 15) is 4.79 Å². The van der Waals surface area contributed by atoms with E-state index >= 15 is 0 Å². The third-order valence-corrected chi connectivity index (χ3v) is 3.35. The first kappa shape index (κ1) is 13.3. The molecule has 88 valence electrons. The molecule has 0 saturated carbocycles. The smallest absolute Gasteiger partial charge is 0.232 e. The van der Waals surface area contributed by atoms with Crippen LogP contribution in [-0.2, 0) is 9.53 Å². The Morgan fingerprint density at radius 3 is 2.73 bits per heavy atom. The Morgan fingerprint density at radius 1 is 1.53 bits per heavy atom. The molecule has 1 fully saturated rings. The van der Waals surface area contributed by atoms with Gasteiger partial charge in [-0.05, 0) is 19.1 Å². The molecule has 0 N–H and O–H groups in total. The van der Waals surface area contributed by atoms with Crippen molar-refractivity contribution in [1.82, 2.24) is 4.90 Å². The van der Waals surface area contributed by atoms with E-state index in [1.807, 2.05) is 11.2 Å². The van der Waals surface area contributed by atoms with Gasteiger partial charge in [-0.25, -0.2) is 0 Å². The highest BCUT2D eigenvalue weighted by molar-refractivity contribution is 9.09. The summed E-state index contributed by atoms with van der Waals surface area (Å²) in [4.78, 5) is 13.5. The second-order valence-electron chi connectivity index (χ2n) is 3.57. The summed E-state index contributed by atoms with van der Waals surface area (Å²) < 4.78 is 5.63. The fourth-order valence-electron chi connectivity index (χ4n) is 1.70. The maximum absolute atomic E-state index is 11.6. The van der Waals surface area contributed by atoms with Gasteiger partial charge in [0.25, 0.3) is 0 Å². The first-order chi connectivity index (χ1) is 7.27. The molecule has 1 amide bonds. The molecule has 1 aliphatic heterocycles. The number of piperidine rings is 1. The van der Waals surface area contributed by atoms with Gasteiger partial charge in [-0.3, -0.25) is 4.79 Å². The molecular formula is C10H18BrNO2S. The number of likely N-dealkylation sites (tertiary alicyclic amines) is 1. The van der Waals surface area contributed by atoms with Crippen LogP contribution in [0.1, 0.15) is 12.8 Å². The summed E-state index contributed by atoms with van der Waals surface area (Å²) in [6.45, 7) is 2.47. The number of nitrogens with zero attached hydrogens (tertiary/aromatic N) is 1. The van der Waals surface area contributed by atoms with Gasteiger partial charge in [0, 0.05) is 18.4 Å². The van der Waals surface area contributed by atoms with E-state index in [0.29, 0.717) is 11.9 Å². The lowest BCUT2D eigenvalue weighted by Gasteiger charge is -2.31. The highest BCUT2D eigenvalue weighted by atomic mass is 79.9. The van der Waals surface area contributed by atoms with E-state index in [0.717, 1.165) is 37.9 Å². The van der Waals surface area contributed by atoms with Crippen molar-refractivity contribution in [1.29, 1.82) is 0 Å². The van der Waals surface area contributed by atoms with Crippen molar-refractivity contribution in [2.75, 3.05) is 37.0 Å². The van der Waals surface area contributed by atoms with Gasteiger partial charge in [0.2, 0.25) is 5.91 Å². The molecule has 3 nitrogen and oxygen atoms in total. The molecule has 1 saturated heterocycles. The Balaban J connectivity index is 2.20. The van der Waals surface area contributed by atoms with Crippen LogP contribution in [0.15, 0.2) is 0 Å². The molecule has 0 aromatic rings. The molecule has 0 bridgehead atoms. The Hall–Kier alpha value is 0.260. The highest BCUT2D eigenvalue weighted by Gasteiger charge is 2.22. The zero-order valence-corrected chi connectivity index (χ0v) is 11.5. The fourth-order valence-corrected chi connectivity index (χ4v) is 2.31. The third-order valence-electron chi connectivity index (χ3n) is 2.49. The quantitative estimate of drug-likeness (QED) is 0.724. The van der Waals surface area contributed by atoms with Crippen molar-refractivity contribution in [3.63, 3.8) is 0 Å². The van der Waals surface area contributed by atoms with E-state index in [2.05, 4.69) is 15.9 Å². The van der Waals surface area contributed by atoms with E-state index < -0.39 is 0 Å². The molecule has 0 unspecified atom stereocenters. The summed E-state index contributed by atoms with van der Waals surface area (Å²) in [6, 6.07) is 0. The van der Waals surface area contributed by atoms with Crippen LogP contribution in [0.2, 0.25) is 0 Å². The van der Waals surface area contributed by atoms with Crippen LogP contribution in [0.4, 0.5) is 0 Å². The molecular weight excluding hydrogens is 278 g/mol. The third kappa shape index (κ3) is 4.74. The molecule has 1 aliphatic rings. The average molecular weight is 296 g/mol. The number of amides is 1. The minimum absolute atomic E-state index is 0.265. The normalized spacial score (nSPS) is 18.1. The van der Waals surface area contributed by atoms with Gasteiger partial charge >= 0.3 is 0 Å². The molecule has 0 atom stereocenters. The lowest BCUT2D eigenvalue weighted by molar-refractivity contribution is -0.130. The Bertz CT molecular complexity index is 196. The zero-order valence-electron chi connectivity index (χ0n) is 9.08. The first-order valence-electron chi connectivity index (χ1n) is 5.22. The predicted octanol–water partition coefficient (Wildman–Crippen LogP) is 1.75. The highest BCUT2D eigenvalue weighted by Crippen LogP contribution is 2.14. The Kier molecular flexibility index (Phi) is 6.68. The molecule has 15 heavy (non-hydrogen) atoms. The molecule has 0 spiro atoms. The van der Waals surface area contributed by atoms with Gasteiger partial charge in [0.05, 0.1) is 18.5 Å². The van der Waals surface area contributed by atoms with Gasteiger partial charge in [0.1, 0.15) is 0 Å². The number of ether oxygens (including phenoxy) is 1. The second kappa shape index (κ2) is 7.52. The second-order valence-corrected chi connectivity index (χ2v) is 5.23. The van der Waals surface area contributed by atoms with Crippen molar-refractivity contribution in [3.05, 3.63) is 0 Å². The molecule has 0 aromatic carbocycles. The van der Waals surface area contributed by atoms with Crippen LogP contribution in [0.25, 0.3) is 0 Å². The maximum atomic E-state index is 11.6. The van der Waals surface area contributed by atoms with E-state index in [1.54, 1.807) is 11.8 Å². The van der Waals surface area contributed by atoms with Gasteiger partial charge in [0.15, 0.2) is 0 Å². The number of carbonyl (C=O) groups is 1. The van der Waals surface area contributed by atoms with Crippen LogP contribution >= 0.6 is 27.7 Å². The summed E-state index contributed by atoms with van der Waals surface area (Å²) in [5.41, 5.74) is 0. The number of thioether (sulfide) groups is 1. The van der Waals surface area contributed by atoms with Crippen molar-refractivity contribution >= 4 is 33.6 Å². The number of alkyl halides is 1. The monoisotopic (exact) mass is 295 g/mol. The number of hydrogen-bond donors (Lipinski definition) is 0. The van der Waals surface area contributed by atoms with Crippen molar-refractivity contribution in [3.8, 4) is 0 Å². The van der Waals surface area contributed by atoms with Crippen molar-refractivity contribution in [2.45, 2.75) is 18.9 Å². The minimum Gasteiger partial charge on any atom is -0.377 e. The van der Waals surface area contributed by atoms with E-state index in [4.69, 9.17) is 4.74 Å². The molecule has 1 heterocycles. The standard InChI is InChI=1S/C10H18BrNO2S/c1-15-8-10(13)12-5-2-9(3-6-12)14-7-4-11/h9H,2-8H2,1H3. The lowest BCUT2D eigenvalue weighted by Crippen LogP contribution is -2.41. The van der Waals surface area contributed by atoms with Gasteiger partial charge in [-0.15, -0.1) is 0 Å². The van der Waals surface area contributed by atoms with Gasteiger partial charge < -0.3 is 9.64 Å². The van der Waals surface area contributed by atoms with Gasteiger partial charge in [-0.2, -0.15) is 11.8 Å². The van der Waals surface area contributed by atoms with Crippen molar-refractivity contribution < 1.29 is 9.53 Å². The Morgan fingerprint density at radius 2 is 2.20 bits per heavy atom. The number of carbonyl (C=O) groups excluding carboxylic acids is 1. The summed E-state index contributed by atoms with van der Waals surface area (Å²) in [7, 11) is 0. The summed E-state index contributed by atoms with van der Waals surface area (Å²) in [6.07, 6.45) is 4.27. The Labute approximate surface area is 104 Å². The van der Waals surface area contributed by atoms with Crippen LogP contribution in [0.5, 0.6) is 0 Å². The molecule has 1 rings (SSSR count). The average Bonchev–Trinajstić information content (AvgIpc) is 2.27. The number of hydrogen-bond acceptors (Lipinski definition) is 3. The van der Waals surface area contributed by atoms with Crippen molar-refractivity contribution in [2.24, 2.45) is 0 Å². The number of rotatable bonds is 5. The van der Waals surface area contributed by atoms with Crippen LogP contribution in [-0.4, -0.2) is 53.9 Å². The zero-order chi connectivity index (χ0) is 11.1. The van der Waals surface area contributed by atoms with E-state index in [1.165, 1.54) is 0 Å². The topological polar surface area (TPSA) is 29.5 Å². The van der Waals surface area contributed by atoms with Crippen LogP contribution in [0, 0.1) is 0 Å². The van der Waals surface area contributed by atoms with Crippen LogP contribution < -0.4 is 0 Å². The maximum Gasteiger partial charge on any atom is 0.232 e. The predicted molar refractivity (Wildman–Crippen MR) is 67.7 cm³/mol. The SMILES string of the molecule is CSCC(=O)N1CCC(OCCBr)CC1. The number of halogens is 1. The summed E-state index contributed by atoms with van der Waals surface area (Å²) in [5, 5.41) is 0.888. The summed E-state index contributed by atoms with van der Waals surface area (Å²) >= 11 is 4.93. The fraction of sp³-hybridized carbons (Fsp3) is 0.900. The molecule has 5 heteroatoms. The lowest BCUT2D eigenvalue weighted by atomic mass is 10.1. The molecule has 0 aliphatic carbocycles. The minimum atomic E-state index is 0.265. The first-order valence-corrected chi connectivity index (χ1v) is 7.73.